The summed E-state index contributed by atoms with van der Waals surface area (Å²) in [5.74, 6) is -1.58. The van der Waals surface area contributed by atoms with Crippen molar-refractivity contribution in [3.05, 3.63) is 29.3 Å². The molecule has 1 atom stereocenters. The van der Waals surface area contributed by atoms with E-state index in [2.05, 4.69) is 0 Å². The lowest BCUT2D eigenvalue weighted by Gasteiger charge is -2.32. The summed E-state index contributed by atoms with van der Waals surface area (Å²) >= 11 is 0. The van der Waals surface area contributed by atoms with Crippen LogP contribution in [0.3, 0.4) is 0 Å². The van der Waals surface area contributed by atoms with Gasteiger partial charge >= 0.3 is 5.97 Å². The van der Waals surface area contributed by atoms with Gasteiger partial charge in [-0.05, 0) is 49.4 Å². The van der Waals surface area contributed by atoms with Gasteiger partial charge in [0.25, 0.3) is 5.91 Å². The third-order valence-corrected chi connectivity index (χ3v) is 6.04. The van der Waals surface area contributed by atoms with Crippen LogP contribution in [0.2, 0.25) is 0 Å². The van der Waals surface area contributed by atoms with Crippen molar-refractivity contribution in [2.24, 2.45) is 5.92 Å². The second kappa shape index (κ2) is 6.67. The summed E-state index contributed by atoms with van der Waals surface area (Å²) < 4.78 is 25.2. The lowest BCUT2D eigenvalue weighted by molar-refractivity contribution is -0.143. The second-order valence-corrected chi connectivity index (χ2v) is 8.62. The van der Waals surface area contributed by atoms with Crippen LogP contribution in [0.15, 0.2) is 18.2 Å². The Hall–Kier alpha value is -2.09. The predicted octanol–water partition coefficient (Wildman–Crippen LogP) is 1.34. The van der Waals surface area contributed by atoms with Crippen LogP contribution in [0.4, 0.5) is 5.69 Å². The lowest BCUT2D eigenvalue weighted by Crippen LogP contribution is -2.42. The monoisotopic (exact) mass is 366 g/mol. The minimum absolute atomic E-state index is 0.190. The van der Waals surface area contributed by atoms with E-state index in [9.17, 15) is 23.1 Å². The lowest BCUT2D eigenvalue weighted by atomic mass is 9.96. The number of amides is 1. The molecule has 0 aliphatic carbocycles. The highest BCUT2D eigenvalue weighted by atomic mass is 32.2. The van der Waals surface area contributed by atoms with Crippen molar-refractivity contribution in [3.8, 4) is 0 Å². The molecule has 3 rings (SSSR count). The zero-order chi connectivity index (χ0) is 18.2. The van der Waals surface area contributed by atoms with E-state index in [1.165, 1.54) is 10.6 Å². The number of carboxylic acids is 1. The summed E-state index contributed by atoms with van der Waals surface area (Å²) in [5.41, 5.74) is 1.96. The number of sulfonamides is 1. The predicted molar refractivity (Wildman–Crippen MR) is 93.2 cm³/mol. The first-order valence-electron chi connectivity index (χ1n) is 8.40. The van der Waals surface area contributed by atoms with Crippen molar-refractivity contribution in [1.82, 2.24) is 4.90 Å². The Morgan fingerprint density at radius 1 is 1.20 bits per heavy atom. The summed E-state index contributed by atoms with van der Waals surface area (Å²) in [6.45, 7) is 1.22. The number of carbonyl (C=O) groups excluding carboxylic acids is 1. The third kappa shape index (κ3) is 3.63. The van der Waals surface area contributed by atoms with E-state index in [4.69, 9.17) is 0 Å². The molecule has 1 N–H and O–H groups in total. The number of fused-ring (bicyclic) bond motifs is 1. The summed E-state index contributed by atoms with van der Waals surface area (Å²) in [7, 11) is -3.34. The van der Waals surface area contributed by atoms with Gasteiger partial charge in [0, 0.05) is 25.2 Å². The normalized spacial score (nSPS) is 20.9. The van der Waals surface area contributed by atoms with Gasteiger partial charge in [0.1, 0.15) is 0 Å². The van der Waals surface area contributed by atoms with E-state index in [0.29, 0.717) is 43.6 Å². The molecule has 0 bridgehead atoms. The van der Waals surface area contributed by atoms with Crippen LogP contribution in [0, 0.1) is 5.92 Å². The molecule has 2 aliphatic rings. The number of piperidine rings is 1. The zero-order valence-electron chi connectivity index (χ0n) is 14.1. The Kier molecular flexibility index (Phi) is 4.73. The van der Waals surface area contributed by atoms with Crippen LogP contribution in [-0.4, -0.2) is 56.2 Å². The fourth-order valence-corrected chi connectivity index (χ4v) is 4.58. The first kappa shape index (κ1) is 17.7. The van der Waals surface area contributed by atoms with Crippen molar-refractivity contribution < 1.29 is 23.1 Å². The topological polar surface area (TPSA) is 95.0 Å². The number of aryl methyl sites for hydroxylation is 1. The molecule has 7 nitrogen and oxygen atoms in total. The van der Waals surface area contributed by atoms with Crippen molar-refractivity contribution in [1.29, 1.82) is 0 Å². The molecular weight excluding hydrogens is 344 g/mol. The fraction of sp³-hybridized carbons (Fsp3) is 0.529. The van der Waals surface area contributed by atoms with Gasteiger partial charge in [-0.25, -0.2) is 8.42 Å². The molecule has 0 radical (unpaired) electrons. The van der Waals surface area contributed by atoms with Gasteiger partial charge in [0.2, 0.25) is 10.0 Å². The molecule has 2 aliphatic heterocycles. The quantitative estimate of drug-likeness (QED) is 0.871. The summed E-state index contributed by atoms with van der Waals surface area (Å²) in [6.07, 6.45) is 3.88. The molecule has 0 spiro atoms. The van der Waals surface area contributed by atoms with Crippen LogP contribution in [0.5, 0.6) is 0 Å². The molecule has 1 aromatic carbocycles. The number of likely N-dealkylation sites (tertiary alicyclic amines) is 1. The van der Waals surface area contributed by atoms with Gasteiger partial charge in [-0.3, -0.25) is 13.9 Å². The SMILES string of the molecule is CS(=O)(=O)N1CCCc2cc(C(=O)N3CCC[C@@H](C(=O)O)C3)ccc21. The van der Waals surface area contributed by atoms with Gasteiger partial charge in [-0.1, -0.05) is 0 Å². The second-order valence-electron chi connectivity index (χ2n) is 6.71. The average Bonchev–Trinajstić information content (AvgIpc) is 2.59. The molecular formula is C17H22N2O5S. The molecule has 2 heterocycles. The largest absolute Gasteiger partial charge is 0.481 e. The van der Waals surface area contributed by atoms with E-state index in [0.717, 1.165) is 12.0 Å². The minimum atomic E-state index is -3.34. The van der Waals surface area contributed by atoms with Crippen LogP contribution in [0.25, 0.3) is 0 Å². The molecule has 1 saturated heterocycles. The number of aliphatic carboxylic acids is 1. The maximum atomic E-state index is 12.7. The number of benzene rings is 1. The standard InChI is InChI=1S/C17H22N2O5S/c1-25(23,24)19-9-3-4-12-10-13(6-7-15(12)19)16(20)18-8-2-5-14(11-18)17(21)22/h6-7,10,14H,2-5,8-9,11H2,1H3,(H,21,22)/t14-/m1/s1. The molecule has 0 saturated carbocycles. The Morgan fingerprint density at radius 2 is 1.96 bits per heavy atom. The molecule has 1 fully saturated rings. The Bertz CT molecular complexity index is 805. The maximum absolute atomic E-state index is 12.7. The maximum Gasteiger partial charge on any atom is 0.308 e. The molecule has 136 valence electrons. The van der Waals surface area contributed by atoms with Crippen molar-refractivity contribution >= 4 is 27.6 Å². The van der Waals surface area contributed by atoms with Crippen molar-refractivity contribution in [2.45, 2.75) is 25.7 Å². The molecule has 1 amide bonds. The Labute approximate surface area is 147 Å². The van der Waals surface area contributed by atoms with E-state index < -0.39 is 21.9 Å². The molecule has 0 aromatic heterocycles. The summed E-state index contributed by atoms with van der Waals surface area (Å²) in [5, 5.41) is 9.17. The first-order chi connectivity index (χ1) is 11.8. The number of hydrogen-bond donors (Lipinski definition) is 1. The highest BCUT2D eigenvalue weighted by molar-refractivity contribution is 7.92. The van der Waals surface area contributed by atoms with Gasteiger partial charge in [0.05, 0.1) is 17.9 Å². The first-order valence-corrected chi connectivity index (χ1v) is 10.2. The van der Waals surface area contributed by atoms with Crippen LogP contribution < -0.4 is 4.31 Å². The number of carbonyl (C=O) groups is 2. The number of carboxylic acid groups (broad SMARTS) is 1. The minimum Gasteiger partial charge on any atom is -0.481 e. The number of hydrogen-bond acceptors (Lipinski definition) is 4. The summed E-state index contributed by atoms with van der Waals surface area (Å²) in [6, 6.07) is 5.07. The molecule has 0 unspecified atom stereocenters. The highest BCUT2D eigenvalue weighted by Gasteiger charge is 2.30. The smallest absolute Gasteiger partial charge is 0.308 e. The van der Waals surface area contributed by atoms with Gasteiger partial charge in [-0.2, -0.15) is 0 Å². The van der Waals surface area contributed by atoms with Gasteiger partial charge in [0.15, 0.2) is 0 Å². The molecule has 1 aromatic rings. The number of rotatable bonds is 3. The highest BCUT2D eigenvalue weighted by Crippen LogP contribution is 2.30. The Balaban J connectivity index is 1.84. The third-order valence-electron chi connectivity index (χ3n) is 4.86. The fourth-order valence-electron chi connectivity index (χ4n) is 3.59. The van der Waals surface area contributed by atoms with Gasteiger partial charge in [-0.15, -0.1) is 0 Å². The zero-order valence-corrected chi connectivity index (χ0v) is 15.0. The van der Waals surface area contributed by atoms with Crippen molar-refractivity contribution in [2.75, 3.05) is 30.2 Å². The van der Waals surface area contributed by atoms with Crippen LogP contribution in [-0.2, 0) is 21.2 Å². The van der Waals surface area contributed by atoms with E-state index in [1.54, 1.807) is 23.1 Å². The average molecular weight is 366 g/mol. The van der Waals surface area contributed by atoms with Crippen LogP contribution >= 0.6 is 0 Å². The van der Waals surface area contributed by atoms with E-state index >= 15 is 0 Å². The summed E-state index contributed by atoms with van der Waals surface area (Å²) in [4.78, 5) is 25.5. The van der Waals surface area contributed by atoms with E-state index in [-0.39, 0.29) is 12.5 Å². The van der Waals surface area contributed by atoms with Crippen LogP contribution in [0.1, 0.15) is 35.2 Å². The molecule has 8 heteroatoms. The molecule has 25 heavy (non-hydrogen) atoms. The number of nitrogens with zero attached hydrogens (tertiary/aromatic N) is 2. The van der Waals surface area contributed by atoms with E-state index in [1.807, 2.05) is 0 Å². The number of anilines is 1. The van der Waals surface area contributed by atoms with Crippen molar-refractivity contribution in [3.63, 3.8) is 0 Å². The Morgan fingerprint density at radius 3 is 2.64 bits per heavy atom. The van der Waals surface area contributed by atoms with Gasteiger partial charge < -0.3 is 10.0 Å².